The van der Waals surface area contributed by atoms with Crippen molar-refractivity contribution < 1.29 is 9.47 Å². The van der Waals surface area contributed by atoms with Gasteiger partial charge in [-0.15, -0.1) is 0 Å². The number of methoxy groups -OCH3 is 1. The van der Waals surface area contributed by atoms with Crippen LogP contribution in [0.5, 0.6) is 5.75 Å². The molecule has 6 heteroatoms. The average Bonchev–Trinajstić information content (AvgIpc) is 3.06. The van der Waals surface area contributed by atoms with Gasteiger partial charge >= 0.3 is 0 Å². The first-order valence-corrected chi connectivity index (χ1v) is 7.68. The Kier molecular flexibility index (Phi) is 6.86. The van der Waals surface area contributed by atoms with Crippen molar-refractivity contribution in [2.24, 2.45) is 5.10 Å². The first-order chi connectivity index (χ1) is 10.8. The van der Waals surface area contributed by atoms with Crippen LogP contribution in [0.3, 0.4) is 0 Å². The number of nitrogens with zero attached hydrogens (tertiary/aromatic N) is 1. The average molecular weight is 319 g/mol. The van der Waals surface area contributed by atoms with Gasteiger partial charge in [-0.05, 0) is 43.3 Å². The SMILES string of the molecule is COc1ccccc1/C=C/C=N\NC(=S)NC[C@H]1CCCO1. The zero-order valence-electron chi connectivity index (χ0n) is 12.6. The molecular formula is C16H21N3O2S. The van der Waals surface area contributed by atoms with Gasteiger partial charge in [0, 0.05) is 24.9 Å². The number of ether oxygens (including phenoxy) is 2. The van der Waals surface area contributed by atoms with Crippen LogP contribution in [0.15, 0.2) is 35.4 Å². The van der Waals surface area contributed by atoms with Gasteiger partial charge in [0.2, 0.25) is 0 Å². The molecule has 1 heterocycles. The van der Waals surface area contributed by atoms with Crippen molar-refractivity contribution in [3.8, 4) is 5.75 Å². The molecule has 2 N–H and O–H groups in total. The number of hydrogen-bond donors (Lipinski definition) is 2. The third kappa shape index (κ3) is 5.46. The van der Waals surface area contributed by atoms with Crippen molar-refractivity contribution in [3.05, 3.63) is 35.9 Å². The van der Waals surface area contributed by atoms with Crippen LogP contribution in [0.4, 0.5) is 0 Å². The van der Waals surface area contributed by atoms with Crippen LogP contribution in [0.1, 0.15) is 18.4 Å². The van der Waals surface area contributed by atoms with Crippen molar-refractivity contribution in [2.75, 3.05) is 20.3 Å². The van der Waals surface area contributed by atoms with Gasteiger partial charge in [-0.1, -0.05) is 18.2 Å². The molecule has 1 aliphatic heterocycles. The Morgan fingerprint density at radius 3 is 3.14 bits per heavy atom. The van der Waals surface area contributed by atoms with Gasteiger partial charge in [-0.3, -0.25) is 5.43 Å². The van der Waals surface area contributed by atoms with E-state index in [1.165, 1.54) is 0 Å². The van der Waals surface area contributed by atoms with E-state index in [1.807, 2.05) is 36.4 Å². The summed E-state index contributed by atoms with van der Waals surface area (Å²) in [6.45, 7) is 1.57. The second-order valence-corrected chi connectivity index (χ2v) is 5.24. The summed E-state index contributed by atoms with van der Waals surface area (Å²) in [7, 11) is 1.65. The van der Waals surface area contributed by atoms with Gasteiger partial charge in [0.25, 0.3) is 0 Å². The maximum absolute atomic E-state index is 5.51. The highest BCUT2D eigenvalue weighted by Gasteiger charge is 2.14. The number of rotatable bonds is 6. The second kappa shape index (κ2) is 9.17. The first-order valence-electron chi connectivity index (χ1n) is 7.28. The molecule has 1 aromatic rings. The molecule has 118 valence electrons. The van der Waals surface area contributed by atoms with Crippen LogP contribution in [0.2, 0.25) is 0 Å². The molecule has 0 unspecified atom stereocenters. The van der Waals surface area contributed by atoms with E-state index in [2.05, 4.69) is 15.8 Å². The van der Waals surface area contributed by atoms with Gasteiger partial charge in [0.05, 0.1) is 13.2 Å². The van der Waals surface area contributed by atoms with Crippen LogP contribution in [0.25, 0.3) is 6.08 Å². The molecule has 2 rings (SSSR count). The number of benzene rings is 1. The molecule has 1 aromatic carbocycles. The van der Waals surface area contributed by atoms with Crippen molar-refractivity contribution in [1.82, 2.24) is 10.7 Å². The lowest BCUT2D eigenvalue weighted by Crippen LogP contribution is -2.37. The monoisotopic (exact) mass is 319 g/mol. The van der Waals surface area contributed by atoms with Gasteiger partial charge in [0.15, 0.2) is 5.11 Å². The fraction of sp³-hybridized carbons (Fsp3) is 0.375. The second-order valence-electron chi connectivity index (χ2n) is 4.84. The van der Waals surface area contributed by atoms with Crippen LogP contribution in [-0.4, -0.2) is 37.7 Å². The molecule has 22 heavy (non-hydrogen) atoms. The quantitative estimate of drug-likeness (QED) is 0.479. The third-order valence-corrected chi connectivity index (χ3v) is 3.49. The molecular weight excluding hydrogens is 298 g/mol. The molecule has 0 amide bonds. The lowest BCUT2D eigenvalue weighted by molar-refractivity contribution is 0.114. The zero-order valence-corrected chi connectivity index (χ0v) is 13.4. The molecule has 1 aliphatic rings. The Labute approximate surface area is 136 Å². The number of para-hydroxylation sites is 1. The van der Waals surface area contributed by atoms with Crippen LogP contribution < -0.4 is 15.5 Å². The fourth-order valence-electron chi connectivity index (χ4n) is 2.14. The normalized spacial score (nSPS) is 18.0. The minimum atomic E-state index is 0.258. The van der Waals surface area contributed by atoms with E-state index in [1.54, 1.807) is 13.3 Å². The summed E-state index contributed by atoms with van der Waals surface area (Å²) in [5.41, 5.74) is 3.77. The van der Waals surface area contributed by atoms with Gasteiger partial charge in [0.1, 0.15) is 5.75 Å². The molecule has 5 nitrogen and oxygen atoms in total. The highest BCUT2D eigenvalue weighted by atomic mass is 32.1. The molecule has 0 aromatic heterocycles. The molecule has 0 saturated carbocycles. The Balaban J connectivity index is 1.70. The molecule has 0 aliphatic carbocycles. The van der Waals surface area contributed by atoms with Crippen molar-refractivity contribution in [3.63, 3.8) is 0 Å². The van der Waals surface area contributed by atoms with Crippen molar-refractivity contribution in [2.45, 2.75) is 18.9 Å². The zero-order chi connectivity index (χ0) is 15.6. The number of allylic oxidation sites excluding steroid dienone is 1. The maximum atomic E-state index is 5.51. The summed E-state index contributed by atoms with van der Waals surface area (Å²) >= 11 is 5.14. The standard InChI is InChI=1S/C16H21N3O2S/c1-20-15-9-3-2-6-13(15)7-4-10-18-19-16(22)17-12-14-8-5-11-21-14/h2-4,6-7,9-10,14H,5,8,11-12H2,1H3,(H2,17,19,22)/b7-4+,18-10-/t14-/m1/s1. The van der Waals surface area contributed by atoms with Crippen molar-refractivity contribution in [1.29, 1.82) is 0 Å². The molecule has 1 fully saturated rings. The smallest absolute Gasteiger partial charge is 0.187 e. The summed E-state index contributed by atoms with van der Waals surface area (Å²) in [4.78, 5) is 0. The van der Waals surface area contributed by atoms with Crippen LogP contribution >= 0.6 is 12.2 Å². The Morgan fingerprint density at radius 2 is 2.36 bits per heavy atom. The Morgan fingerprint density at radius 1 is 1.50 bits per heavy atom. The van der Waals surface area contributed by atoms with Gasteiger partial charge < -0.3 is 14.8 Å². The van der Waals surface area contributed by atoms with Crippen LogP contribution in [0, 0.1) is 0 Å². The summed E-state index contributed by atoms with van der Waals surface area (Å²) in [5.74, 6) is 0.828. The molecule has 1 saturated heterocycles. The van der Waals surface area contributed by atoms with E-state index in [-0.39, 0.29) is 6.10 Å². The topological polar surface area (TPSA) is 54.9 Å². The molecule has 0 spiro atoms. The highest BCUT2D eigenvalue weighted by molar-refractivity contribution is 7.80. The third-order valence-electron chi connectivity index (χ3n) is 3.26. The largest absolute Gasteiger partial charge is 0.496 e. The molecule has 0 radical (unpaired) electrons. The predicted molar refractivity (Wildman–Crippen MR) is 93.2 cm³/mol. The Hall–Kier alpha value is -1.92. The fourth-order valence-corrected chi connectivity index (χ4v) is 2.28. The van der Waals surface area contributed by atoms with Gasteiger partial charge in [-0.2, -0.15) is 5.10 Å². The van der Waals surface area contributed by atoms with E-state index in [0.717, 1.165) is 37.3 Å². The van der Waals surface area contributed by atoms with E-state index >= 15 is 0 Å². The molecule has 1 atom stereocenters. The van der Waals surface area contributed by atoms with E-state index in [9.17, 15) is 0 Å². The van der Waals surface area contributed by atoms with E-state index < -0.39 is 0 Å². The minimum absolute atomic E-state index is 0.258. The minimum Gasteiger partial charge on any atom is -0.496 e. The number of nitrogens with one attached hydrogen (secondary N) is 2. The van der Waals surface area contributed by atoms with E-state index in [0.29, 0.717) is 5.11 Å². The number of hydrogen-bond acceptors (Lipinski definition) is 4. The molecule has 0 bridgehead atoms. The Bertz CT molecular complexity index is 540. The number of thiocarbonyl (C=S) groups is 1. The van der Waals surface area contributed by atoms with Crippen LogP contribution in [-0.2, 0) is 4.74 Å². The summed E-state index contributed by atoms with van der Waals surface area (Å²) in [6, 6.07) is 7.79. The summed E-state index contributed by atoms with van der Waals surface area (Å²) in [5, 5.41) is 7.63. The highest BCUT2D eigenvalue weighted by Crippen LogP contribution is 2.18. The van der Waals surface area contributed by atoms with Crippen molar-refractivity contribution >= 4 is 29.6 Å². The maximum Gasteiger partial charge on any atom is 0.187 e. The predicted octanol–water partition coefficient (Wildman–Crippen LogP) is 2.34. The van der Waals surface area contributed by atoms with E-state index in [4.69, 9.17) is 21.7 Å². The number of hydrazone groups is 1. The first kappa shape index (κ1) is 16.5. The van der Waals surface area contributed by atoms with Gasteiger partial charge in [-0.25, -0.2) is 0 Å². The lowest BCUT2D eigenvalue weighted by Gasteiger charge is -2.11. The summed E-state index contributed by atoms with van der Waals surface area (Å²) < 4.78 is 10.8. The lowest BCUT2D eigenvalue weighted by atomic mass is 10.2. The summed E-state index contributed by atoms with van der Waals surface area (Å²) in [6.07, 6.45) is 7.86.